The zero-order chi connectivity index (χ0) is 20.8. The lowest BCUT2D eigenvalue weighted by Gasteiger charge is -2.20. The van der Waals surface area contributed by atoms with Crippen LogP contribution in [0.1, 0.15) is 56.9 Å². The lowest BCUT2D eigenvalue weighted by molar-refractivity contribution is -0.142. The molecular weight excluding hydrogens is 371 g/mol. The molecule has 1 fully saturated rings. The molecule has 1 saturated carbocycles. The predicted molar refractivity (Wildman–Crippen MR) is 109 cm³/mol. The van der Waals surface area contributed by atoms with E-state index in [0.29, 0.717) is 34.8 Å². The molecule has 1 unspecified atom stereocenters. The first-order chi connectivity index (χ1) is 14.0. The third kappa shape index (κ3) is 5.43. The van der Waals surface area contributed by atoms with Crippen LogP contribution in [-0.4, -0.2) is 19.0 Å². The zero-order valence-corrected chi connectivity index (χ0v) is 16.9. The van der Waals surface area contributed by atoms with Crippen LogP contribution in [-0.2, 0) is 14.3 Å². The van der Waals surface area contributed by atoms with Crippen LogP contribution >= 0.6 is 0 Å². The minimum absolute atomic E-state index is 0.239. The Morgan fingerprint density at radius 1 is 1.10 bits per heavy atom. The fourth-order valence-electron chi connectivity index (χ4n) is 3.87. The molecule has 0 radical (unpaired) electrons. The van der Waals surface area contributed by atoms with E-state index < -0.39 is 17.7 Å². The topological polar surface area (TPSA) is 52.6 Å². The predicted octanol–water partition coefficient (Wildman–Crippen LogP) is 5.65. The van der Waals surface area contributed by atoms with E-state index in [0.717, 1.165) is 12.8 Å². The smallest absolute Gasteiger partial charge is 0.312 e. The maximum Gasteiger partial charge on any atom is 0.312 e. The first-order valence-electron chi connectivity index (χ1n) is 10.2. The fraction of sp³-hybridized carbons (Fsp3) is 0.417. The minimum Gasteiger partial charge on any atom is -0.469 e. The van der Waals surface area contributed by atoms with Crippen molar-refractivity contribution in [3.05, 3.63) is 53.8 Å². The number of halogens is 1. The molecule has 0 N–H and O–H groups in total. The Hall–Kier alpha value is -2.69. The number of rotatable bonds is 6. The van der Waals surface area contributed by atoms with Crippen LogP contribution in [0.4, 0.5) is 4.39 Å². The van der Waals surface area contributed by atoms with Crippen LogP contribution in [0.2, 0.25) is 0 Å². The van der Waals surface area contributed by atoms with Gasteiger partial charge < -0.3 is 9.47 Å². The van der Waals surface area contributed by atoms with Gasteiger partial charge in [0, 0.05) is 12.0 Å². The van der Waals surface area contributed by atoms with Crippen molar-refractivity contribution in [2.24, 2.45) is 5.92 Å². The summed E-state index contributed by atoms with van der Waals surface area (Å²) in [5.41, 5.74) is 1.55. The van der Waals surface area contributed by atoms with Crippen LogP contribution in [0.5, 0.6) is 5.75 Å². The summed E-state index contributed by atoms with van der Waals surface area (Å²) in [6, 6.07) is 11.6. The Morgan fingerprint density at radius 2 is 1.86 bits per heavy atom. The van der Waals surface area contributed by atoms with Gasteiger partial charge in [-0.1, -0.05) is 43.5 Å². The Labute approximate surface area is 171 Å². The second-order valence-electron chi connectivity index (χ2n) is 7.69. The Morgan fingerprint density at radius 3 is 2.55 bits per heavy atom. The third-order valence-electron chi connectivity index (χ3n) is 5.60. The fourth-order valence-corrected chi connectivity index (χ4v) is 3.87. The Balaban J connectivity index is 1.71. The summed E-state index contributed by atoms with van der Waals surface area (Å²) in [5, 5.41) is 0. The van der Waals surface area contributed by atoms with Gasteiger partial charge in [-0.05, 0) is 55.0 Å². The van der Waals surface area contributed by atoms with Crippen molar-refractivity contribution in [1.29, 1.82) is 0 Å². The summed E-state index contributed by atoms with van der Waals surface area (Å²) in [7, 11) is 1.31. The average Bonchev–Trinajstić information content (AvgIpc) is 2.73. The van der Waals surface area contributed by atoms with Crippen molar-refractivity contribution in [3.63, 3.8) is 0 Å². The summed E-state index contributed by atoms with van der Waals surface area (Å²) < 4.78 is 24.9. The van der Waals surface area contributed by atoms with Gasteiger partial charge in [0.1, 0.15) is 11.6 Å². The molecular formula is C24H27FO4. The number of benzene rings is 2. The molecule has 2 aromatic carbocycles. The molecule has 0 amide bonds. The van der Waals surface area contributed by atoms with E-state index in [9.17, 15) is 14.0 Å². The minimum atomic E-state index is -0.546. The van der Waals surface area contributed by atoms with E-state index in [2.05, 4.69) is 0 Å². The second kappa shape index (κ2) is 9.68. The highest BCUT2D eigenvalue weighted by molar-refractivity contribution is 5.78. The number of methoxy groups -OCH3 is 1. The molecule has 0 aromatic heterocycles. The molecule has 1 aliphatic rings. The molecule has 0 spiro atoms. The molecule has 0 heterocycles. The lowest BCUT2D eigenvalue weighted by Crippen LogP contribution is -2.16. The third-order valence-corrected chi connectivity index (χ3v) is 5.60. The molecule has 2 aromatic rings. The molecule has 5 heteroatoms. The maximum absolute atomic E-state index is 14.7. The number of hydrogen-bond acceptors (Lipinski definition) is 4. The SMILES string of the molecule is COC(=O)C(C)c1ccc(-c2cccc(OC(=O)CC3CCCCC3)c2)c(F)c1. The van der Waals surface area contributed by atoms with Crippen molar-refractivity contribution >= 4 is 11.9 Å². The van der Waals surface area contributed by atoms with Gasteiger partial charge in [-0.2, -0.15) is 0 Å². The van der Waals surface area contributed by atoms with E-state index in [1.807, 2.05) is 0 Å². The standard InChI is InChI=1S/C24H27FO4/c1-16(24(27)28-2)18-11-12-21(22(25)15-18)19-9-6-10-20(14-19)29-23(26)13-17-7-4-3-5-8-17/h6,9-12,14-17H,3-5,7-8,13H2,1-2H3. The molecule has 1 aliphatic carbocycles. The normalized spacial score (nSPS) is 15.6. The number of ether oxygens (including phenoxy) is 2. The van der Waals surface area contributed by atoms with Gasteiger partial charge in [0.05, 0.1) is 13.0 Å². The zero-order valence-electron chi connectivity index (χ0n) is 16.9. The molecule has 154 valence electrons. The Bertz CT molecular complexity index is 871. The second-order valence-corrected chi connectivity index (χ2v) is 7.69. The summed E-state index contributed by atoms with van der Waals surface area (Å²) >= 11 is 0. The van der Waals surface area contributed by atoms with Crippen LogP contribution in [0, 0.1) is 11.7 Å². The summed E-state index contributed by atoms with van der Waals surface area (Å²) in [4.78, 5) is 23.9. The van der Waals surface area contributed by atoms with Gasteiger partial charge in [0.15, 0.2) is 0 Å². The van der Waals surface area contributed by atoms with E-state index in [1.54, 1.807) is 43.3 Å². The monoisotopic (exact) mass is 398 g/mol. The van der Waals surface area contributed by atoms with Gasteiger partial charge >= 0.3 is 11.9 Å². The van der Waals surface area contributed by atoms with Crippen molar-refractivity contribution in [2.45, 2.75) is 51.4 Å². The van der Waals surface area contributed by atoms with E-state index in [1.165, 1.54) is 32.4 Å². The van der Waals surface area contributed by atoms with Crippen LogP contribution in [0.15, 0.2) is 42.5 Å². The van der Waals surface area contributed by atoms with Crippen LogP contribution < -0.4 is 4.74 Å². The summed E-state index contributed by atoms with van der Waals surface area (Å²) in [5.74, 6) is -0.823. The average molecular weight is 398 g/mol. The van der Waals surface area contributed by atoms with E-state index in [4.69, 9.17) is 9.47 Å². The first-order valence-corrected chi connectivity index (χ1v) is 10.2. The number of carbonyl (C=O) groups is 2. The Kier molecular flexibility index (Phi) is 7.02. The molecule has 0 aliphatic heterocycles. The summed E-state index contributed by atoms with van der Waals surface area (Å²) in [6.07, 6.45) is 6.19. The van der Waals surface area contributed by atoms with Gasteiger partial charge in [0.25, 0.3) is 0 Å². The highest BCUT2D eigenvalue weighted by Gasteiger charge is 2.19. The maximum atomic E-state index is 14.7. The highest BCUT2D eigenvalue weighted by Crippen LogP contribution is 2.30. The molecule has 3 rings (SSSR count). The molecule has 4 nitrogen and oxygen atoms in total. The van der Waals surface area contributed by atoms with Crippen molar-refractivity contribution in [2.75, 3.05) is 7.11 Å². The van der Waals surface area contributed by atoms with Gasteiger partial charge in [-0.25, -0.2) is 4.39 Å². The van der Waals surface area contributed by atoms with Gasteiger partial charge in [-0.3, -0.25) is 9.59 Å². The highest BCUT2D eigenvalue weighted by atomic mass is 19.1. The van der Waals surface area contributed by atoms with Crippen LogP contribution in [0.25, 0.3) is 11.1 Å². The van der Waals surface area contributed by atoms with Crippen molar-refractivity contribution in [3.8, 4) is 16.9 Å². The van der Waals surface area contributed by atoms with Gasteiger partial charge in [-0.15, -0.1) is 0 Å². The summed E-state index contributed by atoms with van der Waals surface area (Å²) in [6.45, 7) is 1.67. The van der Waals surface area contributed by atoms with E-state index in [-0.39, 0.29) is 5.97 Å². The number of hydrogen-bond donors (Lipinski definition) is 0. The lowest BCUT2D eigenvalue weighted by atomic mass is 9.87. The molecule has 0 bridgehead atoms. The molecule has 1 atom stereocenters. The number of esters is 2. The molecule has 29 heavy (non-hydrogen) atoms. The molecule has 0 saturated heterocycles. The van der Waals surface area contributed by atoms with Gasteiger partial charge in [0.2, 0.25) is 0 Å². The first kappa shape index (κ1) is 21.0. The largest absolute Gasteiger partial charge is 0.469 e. The van der Waals surface area contributed by atoms with E-state index >= 15 is 0 Å². The number of carbonyl (C=O) groups excluding carboxylic acids is 2. The quantitative estimate of drug-likeness (QED) is 0.466. The van der Waals surface area contributed by atoms with Crippen LogP contribution in [0.3, 0.4) is 0 Å². The van der Waals surface area contributed by atoms with Crippen molar-refractivity contribution < 1.29 is 23.5 Å². The van der Waals surface area contributed by atoms with Crippen molar-refractivity contribution in [1.82, 2.24) is 0 Å².